The van der Waals surface area contributed by atoms with Crippen molar-refractivity contribution in [3.05, 3.63) is 84.4 Å². The number of carbonyl (C=O) groups is 1. The molecule has 2 aromatic carbocycles. The molecule has 146 valence electrons. The lowest BCUT2D eigenvalue weighted by molar-refractivity contribution is -0.113. The Labute approximate surface area is 170 Å². The molecule has 2 aromatic heterocycles. The smallest absolute Gasteiger partial charge is 0.234 e. The number of thioether (sulfide) groups is 1. The van der Waals surface area contributed by atoms with Gasteiger partial charge in [0.25, 0.3) is 0 Å². The van der Waals surface area contributed by atoms with Gasteiger partial charge in [-0.25, -0.2) is 4.39 Å². The number of anilines is 1. The standard InChI is InChI=1S/C21H17FN4O2S/c22-16-9-4-5-10-17(16)23-19(27)14-29-21-25-24-20(18-11-6-12-28-18)26(21)13-15-7-2-1-3-8-15/h1-12H,13-14H2,(H,23,27). The summed E-state index contributed by atoms with van der Waals surface area (Å²) in [7, 11) is 0. The molecule has 0 radical (unpaired) electrons. The molecule has 6 nitrogen and oxygen atoms in total. The molecular weight excluding hydrogens is 391 g/mol. The van der Waals surface area contributed by atoms with Gasteiger partial charge in [-0.05, 0) is 29.8 Å². The van der Waals surface area contributed by atoms with Crippen LogP contribution in [0.15, 0.2) is 82.6 Å². The van der Waals surface area contributed by atoms with Gasteiger partial charge in [-0.2, -0.15) is 0 Å². The summed E-state index contributed by atoms with van der Waals surface area (Å²) in [6.07, 6.45) is 1.57. The summed E-state index contributed by atoms with van der Waals surface area (Å²) in [6, 6.07) is 19.5. The minimum absolute atomic E-state index is 0.0689. The largest absolute Gasteiger partial charge is 0.461 e. The number of hydrogen-bond donors (Lipinski definition) is 1. The second-order valence-corrected chi connectivity index (χ2v) is 7.11. The molecular formula is C21H17FN4O2S. The van der Waals surface area contributed by atoms with Crippen LogP contribution in [0.2, 0.25) is 0 Å². The number of nitrogens with zero attached hydrogens (tertiary/aromatic N) is 3. The minimum Gasteiger partial charge on any atom is -0.461 e. The van der Waals surface area contributed by atoms with Crippen LogP contribution in [0.25, 0.3) is 11.6 Å². The third kappa shape index (κ3) is 4.55. The molecule has 29 heavy (non-hydrogen) atoms. The quantitative estimate of drug-likeness (QED) is 0.457. The van der Waals surface area contributed by atoms with Crippen LogP contribution in [0.4, 0.5) is 10.1 Å². The SMILES string of the molecule is O=C(CSc1nnc(-c2ccco2)n1Cc1ccccc1)Nc1ccccc1F. The van der Waals surface area contributed by atoms with Gasteiger partial charge in [0.05, 0.1) is 24.2 Å². The molecule has 0 aliphatic carbocycles. The Bertz CT molecular complexity index is 1100. The van der Waals surface area contributed by atoms with Gasteiger partial charge in [0.2, 0.25) is 11.7 Å². The Morgan fingerprint density at radius 3 is 2.59 bits per heavy atom. The van der Waals surface area contributed by atoms with E-state index >= 15 is 0 Å². The van der Waals surface area contributed by atoms with Gasteiger partial charge < -0.3 is 9.73 Å². The Hall–Kier alpha value is -3.39. The van der Waals surface area contributed by atoms with Crippen molar-refractivity contribution in [2.24, 2.45) is 0 Å². The average Bonchev–Trinajstić information content (AvgIpc) is 3.39. The minimum atomic E-state index is -0.474. The zero-order valence-corrected chi connectivity index (χ0v) is 16.1. The van der Waals surface area contributed by atoms with Crippen LogP contribution in [0.1, 0.15) is 5.56 Å². The molecule has 1 N–H and O–H groups in total. The van der Waals surface area contributed by atoms with Gasteiger partial charge in [-0.3, -0.25) is 9.36 Å². The van der Waals surface area contributed by atoms with Crippen molar-refractivity contribution in [3.63, 3.8) is 0 Å². The van der Waals surface area contributed by atoms with E-state index in [0.717, 1.165) is 5.56 Å². The molecule has 0 bridgehead atoms. The summed E-state index contributed by atoms with van der Waals surface area (Å²) >= 11 is 1.23. The molecule has 0 spiro atoms. The third-order valence-corrected chi connectivity index (χ3v) is 5.09. The van der Waals surface area contributed by atoms with Crippen LogP contribution in [0, 0.1) is 5.82 Å². The number of rotatable bonds is 7. The summed E-state index contributed by atoms with van der Waals surface area (Å²) in [5.41, 5.74) is 1.22. The monoisotopic (exact) mass is 408 g/mol. The fourth-order valence-corrected chi connectivity index (χ4v) is 3.51. The number of para-hydroxylation sites is 1. The highest BCUT2D eigenvalue weighted by atomic mass is 32.2. The summed E-state index contributed by atoms with van der Waals surface area (Å²) in [5, 5.41) is 11.6. The third-order valence-electron chi connectivity index (χ3n) is 4.12. The van der Waals surface area contributed by atoms with Crippen LogP contribution >= 0.6 is 11.8 Å². The van der Waals surface area contributed by atoms with Gasteiger partial charge in [0.1, 0.15) is 5.82 Å². The van der Waals surface area contributed by atoms with E-state index in [0.29, 0.717) is 23.3 Å². The molecule has 0 saturated heterocycles. The second kappa shape index (κ2) is 8.74. The first-order valence-electron chi connectivity index (χ1n) is 8.89. The topological polar surface area (TPSA) is 73.0 Å². The van der Waals surface area contributed by atoms with E-state index in [1.165, 1.54) is 23.9 Å². The molecule has 0 fully saturated rings. The summed E-state index contributed by atoms with van der Waals surface area (Å²) in [4.78, 5) is 12.3. The Morgan fingerprint density at radius 1 is 1.03 bits per heavy atom. The van der Waals surface area contributed by atoms with E-state index in [1.54, 1.807) is 24.5 Å². The lowest BCUT2D eigenvalue weighted by Crippen LogP contribution is -2.15. The lowest BCUT2D eigenvalue weighted by atomic mass is 10.2. The highest BCUT2D eigenvalue weighted by Gasteiger charge is 2.18. The van der Waals surface area contributed by atoms with E-state index in [1.807, 2.05) is 41.0 Å². The van der Waals surface area contributed by atoms with Crippen molar-refractivity contribution < 1.29 is 13.6 Å². The summed E-state index contributed by atoms with van der Waals surface area (Å²) < 4.78 is 21.1. The maximum atomic E-state index is 13.7. The highest BCUT2D eigenvalue weighted by Crippen LogP contribution is 2.26. The van der Waals surface area contributed by atoms with Crippen LogP contribution in [-0.2, 0) is 11.3 Å². The van der Waals surface area contributed by atoms with Crippen molar-refractivity contribution >= 4 is 23.4 Å². The average molecular weight is 408 g/mol. The number of amides is 1. The molecule has 8 heteroatoms. The maximum Gasteiger partial charge on any atom is 0.234 e. The molecule has 0 aliphatic rings. The molecule has 4 rings (SSSR count). The maximum absolute atomic E-state index is 13.7. The first-order chi connectivity index (χ1) is 14.2. The fraction of sp³-hybridized carbons (Fsp3) is 0.0952. The normalized spacial score (nSPS) is 10.8. The van der Waals surface area contributed by atoms with E-state index in [-0.39, 0.29) is 17.3 Å². The van der Waals surface area contributed by atoms with E-state index in [4.69, 9.17) is 4.42 Å². The Kier molecular flexibility index (Phi) is 5.71. The molecule has 0 saturated carbocycles. The van der Waals surface area contributed by atoms with Crippen molar-refractivity contribution in [1.29, 1.82) is 0 Å². The first kappa shape index (κ1) is 18.9. The van der Waals surface area contributed by atoms with Gasteiger partial charge >= 0.3 is 0 Å². The van der Waals surface area contributed by atoms with E-state index < -0.39 is 5.82 Å². The number of furan rings is 1. The summed E-state index contributed by atoms with van der Waals surface area (Å²) in [5.74, 6) is 0.443. The van der Waals surface area contributed by atoms with Crippen molar-refractivity contribution in [3.8, 4) is 11.6 Å². The number of halogens is 1. The Balaban J connectivity index is 1.52. The molecule has 1 amide bonds. The highest BCUT2D eigenvalue weighted by molar-refractivity contribution is 7.99. The summed E-state index contributed by atoms with van der Waals surface area (Å²) in [6.45, 7) is 0.529. The van der Waals surface area contributed by atoms with Crippen LogP contribution in [0.3, 0.4) is 0 Å². The van der Waals surface area contributed by atoms with E-state index in [2.05, 4.69) is 15.5 Å². The fourth-order valence-electron chi connectivity index (χ4n) is 2.77. The number of carbonyl (C=O) groups excluding carboxylic acids is 1. The first-order valence-corrected chi connectivity index (χ1v) is 9.87. The van der Waals surface area contributed by atoms with E-state index in [9.17, 15) is 9.18 Å². The van der Waals surface area contributed by atoms with Crippen molar-refractivity contribution in [2.45, 2.75) is 11.7 Å². The predicted molar refractivity (Wildman–Crippen MR) is 109 cm³/mol. The molecule has 0 aliphatic heterocycles. The van der Waals surface area contributed by atoms with Gasteiger partial charge in [0, 0.05) is 0 Å². The van der Waals surface area contributed by atoms with Crippen molar-refractivity contribution in [2.75, 3.05) is 11.1 Å². The van der Waals surface area contributed by atoms with Gasteiger partial charge in [0.15, 0.2) is 10.9 Å². The zero-order valence-electron chi connectivity index (χ0n) is 15.3. The van der Waals surface area contributed by atoms with Crippen LogP contribution in [-0.4, -0.2) is 26.4 Å². The molecule has 4 aromatic rings. The molecule has 2 heterocycles. The molecule has 0 unspecified atom stereocenters. The predicted octanol–water partition coefficient (Wildman–Crippen LogP) is 4.46. The van der Waals surface area contributed by atoms with Gasteiger partial charge in [-0.15, -0.1) is 10.2 Å². The second-order valence-electron chi connectivity index (χ2n) is 6.17. The molecule has 0 atom stereocenters. The van der Waals surface area contributed by atoms with Crippen LogP contribution < -0.4 is 5.32 Å². The van der Waals surface area contributed by atoms with Crippen LogP contribution in [0.5, 0.6) is 0 Å². The zero-order chi connectivity index (χ0) is 20.1. The Morgan fingerprint density at radius 2 is 1.83 bits per heavy atom. The number of nitrogens with one attached hydrogen (secondary N) is 1. The number of aromatic nitrogens is 3. The van der Waals surface area contributed by atoms with Crippen molar-refractivity contribution in [1.82, 2.24) is 14.8 Å². The number of benzene rings is 2. The lowest BCUT2D eigenvalue weighted by Gasteiger charge is -2.10. The number of hydrogen-bond acceptors (Lipinski definition) is 5. The van der Waals surface area contributed by atoms with Gasteiger partial charge in [-0.1, -0.05) is 54.2 Å².